The normalized spacial score (nSPS) is 11.9. The van der Waals surface area contributed by atoms with E-state index in [4.69, 9.17) is 10.5 Å². The standard InChI is InChI=1S/C13H17IN2O3/c1-2-19-8-12(17)16-11(13(15)18)7-9-3-5-10(14)6-4-9/h3-6,11H,2,7-8H2,1H3,(H2,15,18)(H,16,17)/t11-/m1/s1. The number of primary amides is 1. The van der Waals surface area contributed by atoms with Crippen LogP contribution in [0.25, 0.3) is 0 Å². The summed E-state index contributed by atoms with van der Waals surface area (Å²) in [6, 6.07) is 6.98. The number of halogens is 1. The lowest BCUT2D eigenvalue weighted by Crippen LogP contribution is -2.47. The summed E-state index contributed by atoms with van der Waals surface area (Å²) >= 11 is 2.20. The lowest BCUT2D eigenvalue weighted by molar-refractivity contribution is -0.130. The van der Waals surface area contributed by atoms with Crippen LogP contribution in [0.3, 0.4) is 0 Å². The van der Waals surface area contributed by atoms with Crippen molar-refractivity contribution in [3.63, 3.8) is 0 Å². The Morgan fingerprint density at radius 2 is 2.00 bits per heavy atom. The smallest absolute Gasteiger partial charge is 0.246 e. The van der Waals surface area contributed by atoms with Crippen molar-refractivity contribution in [1.29, 1.82) is 0 Å². The molecular weight excluding hydrogens is 359 g/mol. The summed E-state index contributed by atoms with van der Waals surface area (Å²) in [6.07, 6.45) is 0.379. The van der Waals surface area contributed by atoms with Crippen LogP contribution < -0.4 is 11.1 Å². The number of carbonyl (C=O) groups excluding carboxylic acids is 2. The summed E-state index contributed by atoms with van der Waals surface area (Å²) in [4.78, 5) is 22.9. The minimum absolute atomic E-state index is 0.0625. The Labute approximate surface area is 126 Å². The van der Waals surface area contributed by atoms with E-state index in [1.165, 1.54) is 0 Å². The van der Waals surface area contributed by atoms with E-state index < -0.39 is 11.9 Å². The maximum Gasteiger partial charge on any atom is 0.246 e. The Morgan fingerprint density at radius 3 is 2.53 bits per heavy atom. The second kappa shape index (κ2) is 8.11. The second-order valence-electron chi connectivity index (χ2n) is 3.99. The number of carbonyl (C=O) groups is 2. The van der Waals surface area contributed by atoms with Crippen LogP contribution in [-0.4, -0.2) is 31.1 Å². The van der Waals surface area contributed by atoms with E-state index in [-0.39, 0.29) is 12.5 Å². The molecule has 1 aromatic rings. The van der Waals surface area contributed by atoms with Gasteiger partial charge in [-0.1, -0.05) is 12.1 Å². The zero-order valence-electron chi connectivity index (χ0n) is 10.7. The molecule has 6 heteroatoms. The fourth-order valence-corrected chi connectivity index (χ4v) is 1.87. The van der Waals surface area contributed by atoms with Crippen molar-refractivity contribution in [3.8, 4) is 0 Å². The van der Waals surface area contributed by atoms with Gasteiger partial charge in [-0.2, -0.15) is 0 Å². The predicted molar refractivity (Wildman–Crippen MR) is 80.5 cm³/mol. The van der Waals surface area contributed by atoms with Crippen molar-refractivity contribution in [2.45, 2.75) is 19.4 Å². The Morgan fingerprint density at radius 1 is 1.37 bits per heavy atom. The van der Waals surface area contributed by atoms with E-state index >= 15 is 0 Å². The largest absolute Gasteiger partial charge is 0.372 e. The fraction of sp³-hybridized carbons (Fsp3) is 0.385. The van der Waals surface area contributed by atoms with Gasteiger partial charge >= 0.3 is 0 Å². The van der Waals surface area contributed by atoms with Gasteiger partial charge in [-0.15, -0.1) is 0 Å². The van der Waals surface area contributed by atoms with Crippen LogP contribution in [0.4, 0.5) is 0 Å². The molecule has 0 heterocycles. The molecule has 0 unspecified atom stereocenters. The highest BCUT2D eigenvalue weighted by atomic mass is 127. The summed E-state index contributed by atoms with van der Waals surface area (Å²) in [5, 5.41) is 2.57. The van der Waals surface area contributed by atoms with Crippen molar-refractivity contribution < 1.29 is 14.3 Å². The molecule has 0 fully saturated rings. The maximum atomic E-state index is 11.5. The average Bonchev–Trinajstić information content (AvgIpc) is 2.38. The van der Waals surface area contributed by atoms with Crippen molar-refractivity contribution in [2.24, 2.45) is 5.73 Å². The van der Waals surface area contributed by atoms with Gasteiger partial charge in [-0.25, -0.2) is 0 Å². The average molecular weight is 376 g/mol. The van der Waals surface area contributed by atoms with E-state index in [1.54, 1.807) is 6.92 Å². The van der Waals surface area contributed by atoms with Gasteiger partial charge < -0.3 is 15.8 Å². The summed E-state index contributed by atoms with van der Waals surface area (Å²) in [6.45, 7) is 2.18. The van der Waals surface area contributed by atoms with Gasteiger partial charge in [-0.05, 0) is 47.2 Å². The number of nitrogens with one attached hydrogen (secondary N) is 1. The lowest BCUT2D eigenvalue weighted by Gasteiger charge is -2.15. The molecule has 0 bridgehead atoms. The molecule has 0 spiro atoms. The Balaban J connectivity index is 2.60. The molecule has 104 valence electrons. The number of nitrogens with two attached hydrogens (primary N) is 1. The third-order valence-electron chi connectivity index (χ3n) is 2.47. The molecule has 2 amide bonds. The quantitative estimate of drug-likeness (QED) is 0.692. The van der Waals surface area contributed by atoms with E-state index in [0.717, 1.165) is 9.13 Å². The summed E-state index contributed by atoms with van der Waals surface area (Å²) < 4.78 is 6.09. The summed E-state index contributed by atoms with van der Waals surface area (Å²) in [5.41, 5.74) is 6.24. The van der Waals surface area contributed by atoms with E-state index in [0.29, 0.717) is 13.0 Å². The monoisotopic (exact) mass is 376 g/mol. The zero-order valence-corrected chi connectivity index (χ0v) is 12.8. The van der Waals surface area contributed by atoms with Crippen LogP contribution in [0.15, 0.2) is 24.3 Å². The van der Waals surface area contributed by atoms with Crippen LogP contribution in [0, 0.1) is 3.57 Å². The van der Waals surface area contributed by atoms with Crippen molar-refractivity contribution >= 4 is 34.4 Å². The number of rotatable bonds is 7. The molecule has 1 atom stereocenters. The number of hydrogen-bond donors (Lipinski definition) is 2. The molecule has 0 saturated carbocycles. The molecule has 0 saturated heterocycles. The van der Waals surface area contributed by atoms with Gasteiger partial charge in [0.05, 0.1) is 0 Å². The minimum Gasteiger partial charge on any atom is -0.372 e. The molecule has 5 nitrogen and oxygen atoms in total. The molecule has 0 aliphatic carbocycles. The van der Waals surface area contributed by atoms with Gasteiger partial charge in [0.25, 0.3) is 0 Å². The highest BCUT2D eigenvalue weighted by Gasteiger charge is 2.18. The lowest BCUT2D eigenvalue weighted by atomic mass is 10.1. The first-order valence-corrected chi connectivity index (χ1v) is 7.01. The van der Waals surface area contributed by atoms with E-state index in [9.17, 15) is 9.59 Å². The minimum atomic E-state index is -0.715. The Bertz CT molecular complexity index is 434. The van der Waals surface area contributed by atoms with Crippen molar-refractivity contribution in [3.05, 3.63) is 33.4 Å². The zero-order chi connectivity index (χ0) is 14.3. The Hall–Kier alpha value is -1.15. The highest BCUT2D eigenvalue weighted by molar-refractivity contribution is 14.1. The first-order chi connectivity index (χ1) is 9.02. The Kier molecular flexibility index (Phi) is 6.79. The third kappa shape index (κ3) is 6.02. The molecular formula is C13H17IN2O3. The molecule has 1 rings (SSSR count). The topological polar surface area (TPSA) is 81.4 Å². The van der Waals surface area contributed by atoms with Crippen LogP contribution in [-0.2, 0) is 20.7 Å². The number of amides is 2. The van der Waals surface area contributed by atoms with Gasteiger partial charge in [0.15, 0.2) is 0 Å². The number of ether oxygens (including phenoxy) is 1. The summed E-state index contributed by atoms with van der Waals surface area (Å²) in [7, 11) is 0. The molecule has 0 radical (unpaired) electrons. The SMILES string of the molecule is CCOCC(=O)N[C@H](Cc1ccc(I)cc1)C(N)=O. The molecule has 0 aliphatic heterocycles. The van der Waals surface area contributed by atoms with E-state index in [1.807, 2.05) is 24.3 Å². The second-order valence-corrected chi connectivity index (χ2v) is 5.24. The maximum absolute atomic E-state index is 11.5. The van der Waals surface area contributed by atoms with Crippen LogP contribution in [0.2, 0.25) is 0 Å². The molecule has 0 aromatic heterocycles. The fourth-order valence-electron chi connectivity index (χ4n) is 1.51. The van der Waals surface area contributed by atoms with Crippen molar-refractivity contribution in [1.82, 2.24) is 5.32 Å². The first kappa shape index (κ1) is 15.9. The van der Waals surface area contributed by atoms with Gasteiger partial charge in [0.1, 0.15) is 12.6 Å². The first-order valence-electron chi connectivity index (χ1n) is 5.93. The third-order valence-corrected chi connectivity index (χ3v) is 3.19. The molecule has 0 aliphatic rings. The predicted octanol–water partition coefficient (Wildman–Crippen LogP) is 0.840. The molecule has 1 aromatic carbocycles. The van der Waals surface area contributed by atoms with Gasteiger partial charge in [0, 0.05) is 16.6 Å². The van der Waals surface area contributed by atoms with Gasteiger partial charge in [0.2, 0.25) is 11.8 Å². The van der Waals surface area contributed by atoms with Gasteiger partial charge in [-0.3, -0.25) is 9.59 Å². The van der Waals surface area contributed by atoms with E-state index in [2.05, 4.69) is 27.9 Å². The molecule has 3 N–H and O–H groups in total. The highest BCUT2D eigenvalue weighted by Crippen LogP contribution is 2.08. The number of benzene rings is 1. The van der Waals surface area contributed by atoms with Crippen LogP contribution in [0.1, 0.15) is 12.5 Å². The van der Waals surface area contributed by atoms with Crippen molar-refractivity contribution in [2.75, 3.05) is 13.2 Å². The summed E-state index contributed by atoms with van der Waals surface area (Å²) in [5.74, 6) is -0.889. The molecule has 19 heavy (non-hydrogen) atoms. The number of hydrogen-bond acceptors (Lipinski definition) is 3. The van der Waals surface area contributed by atoms with Crippen LogP contribution >= 0.6 is 22.6 Å². The van der Waals surface area contributed by atoms with Crippen LogP contribution in [0.5, 0.6) is 0 Å².